The van der Waals surface area contributed by atoms with E-state index in [4.69, 9.17) is 15.2 Å². The largest absolute Gasteiger partial charge is 0.449 e. The summed E-state index contributed by atoms with van der Waals surface area (Å²) in [6.45, 7) is 1.23. The summed E-state index contributed by atoms with van der Waals surface area (Å²) < 4.78 is 10.2. The number of carbonyl (C=O) groups excluding carboxylic acids is 4. The molecule has 0 aromatic heterocycles. The standard InChI is InChI=1S/C24H28N4O6/c1-15(29)34-14-27-22(30)21(11-6-12-26-23(25)31)28-24(32)33-13-20-18-9-4-2-7-16(18)17-8-3-5-10-19(17)20/h2-5,7-10,20-21H,6,11-14H2,1H3,(H,27,30)(H,28,32)(H3,25,26,31)/t21-/m0/s1. The summed E-state index contributed by atoms with van der Waals surface area (Å²) in [6, 6.07) is 14.3. The van der Waals surface area contributed by atoms with Crippen LogP contribution < -0.4 is 21.7 Å². The third-order valence-electron chi connectivity index (χ3n) is 5.44. The Kier molecular flexibility index (Phi) is 8.44. The summed E-state index contributed by atoms with van der Waals surface area (Å²) in [5, 5.41) is 7.41. The number of nitrogens with two attached hydrogens (primary N) is 1. The highest BCUT2D eigenvalue weighted by molar-refractivity contribution is 5.85. The van der Waals surface area contributed by atoms with Gasteiger partial charge in [0.25, 0.3) is 0 Å². The van der Waals surface area contributed by atoms with Crippen molar-refractivity contribution in [3.63, 3.8) is 0 Å². The van der Waals surface area contributed by atoms with Crippen LogP contribution in [0.25, 0.3) is 11.1 Å². The van der Waals surface area contributed by atoms with Crippen molar-refractivity contribution in [1.29, 1.82) is 0 Å². The number of ether oxygens (including phenoxy) is 2. The maximum absolute atomic E-state index is 12.6. The zero-order chi connectivity index (χ0) is 24.5. The summed E-state index contributed by atoms with van der Waals surface area (Å²) in [5.74, 6) is -1.21. The Morgan fingerprint density at radius 3 is 2.15 bits per heavy atom. The van der Waals surface area contributed by atoms with Crippen molar-refractivity contribution in [2.75, 3.05) is 19.9 Å². The van der Waals surface area contributed by atoms with E-state index in [0.29, 0.717) is 6.42 Å². The smallest absolute Gasteiger partial charge is 0.407 e. The van der Waals surface area contributed by atoms with E-state index >= 15 is 0 Å². The van der Waals surface area contributed by atoms with Crippen LogP contribution in [0.3, 0.4) is 0 Å². The zero-order valence-electron chi connectivity index (χ0n) is 18.8. The lowest BCUT2D eigenvalue weighted by atomic mass is 9.98. The van der Waals surface area contributed by atoms with Gasteiger partial charge in [-0.25, -0.2) is 9.59 Å². The summed E-state index contributed by atoms with van der Waals surface area (Å²) in [7, 11) is 0. The van der Waals surface area contributed by atoms with Gasteiger partial charge in [-0.3, -0.25) is 9.59 Å². The fourth-order valence-electron chi connectivity index (χ4n) is 3.90. The monoisotopic (exact) mass is 468 g/mol. The lowest BCUT2D eigenvalue weighted by molar-refractivity contribution is -0.143. The Morgan fingerprint density at radius 1 is 0.941 bits per heavy atom. The Bertz CT molecular complexity index is 1010. The fourth-order valence-corrected chi connectivity index (χ4v) is 3.90. The van der Waals surface area contributed by atoms with Crippen LogP contribution in [0.15, 0.2) is 48.5 Å². The molecule has 0 aliphatic heterocycles. The first-order valence-electron chi connectivity index (χ1n) is 10.9. The Labute approximate surface area is 197 Å². The molecule has 1 aliphatic carbocycles. The number of amides is 4. The Balaban J connectivity index is 1.60. The maximum Gasteiger partial charge on any atom is 0.407 e. The summed E-state index contributed by atoms with van der Waals surface area (Å²) in [4.78, 5) is 46.8. The van der Waals surface area contributed by atoms with Crippen molar-refractivity contribution in [2.45, 2.75) is 31.7 Å². The second-order valence-corrected chi connectivity index (χ2v) is 7.78. The average Bonchev–Trinajstić information content (AvgIpc) is 3.13. The summed E-state index contributed by atoms with van der Waals surface area (Å²) in [6.07, 6.45) is -0.174. The fraction of sp³-hybridized carbons (Fsp3) is 0.333. The number of primary amides is 1. The predicted octanol–water partition coefficient (Wildman–Crippen LogP) is 1.98. The van der Waals surface area contributed by atoms with Gasteiger partial charge in [-0.05, 0) is 35.1 Å². The van der Waals surface area contributed by atoms with Gasteiger partial charge in [0.05, 0.1) is 0 Å². The van der Waals surface area contributed by atoms with Crippen molar-refractivity contribution < 1.29 is 28.7 Å². The number of nitrogens with one attached hydrogen (secondary N) is 3. The van der Waals surface area contributed by atoms with Gasteiger partial charge in [-0.2, -0.15) is 0 Å². The number of hydrogen-bond donors (Lipinski definition) is 4. The molecule has 0 fully saturated rings. The molecule has 0 heterocycles. The van der Waals surface area contributed by atoms with Crippen molar-refractivity contribution >= 4 is 24.0 Å². The van der Waals surface area contributed by atoms with Gasteiger partial charge in [0.2, 0.25) is 5.91 Å². The Hall–Kier alpha value is -4.08. The van der Waals surface area contributed by atoms with E-state index < -0.39 is 30.0 Å². The molecule has 0 saturated carbocycles. The van der Waals surface area contributed by atoms with Gasteiger partial charge in [-0.1, -0.05) is 48.5 Å². The first kappa shape index (κ1) is 24.6. The van der Waals surface area contributed by atoms with E-state index in [1.807, 2.05) is 48.5 Å². The number of urea groups is 1. The molecule has 2 aromatic carbocycles. The van der Waals surface area contributed by atoms with Gasteiger partial charge >= 0.3 is 18.1 Å². The zero-order valence-corrected chi connectivity index (χ0v) is 18.8. The first-order chi connectivity index (χ1) is 16.4. The van der Waals surface area contributed by atoms with Crippen molar-refractivity contribution in [2.24, 2.45) is 5.73 Å². The third kappa shape index (κ3) is 6.47. The molecule has 1 atom stereocenters. The second-order valence-electron chi connectivity index (χ2n) is 7.78. The van der Waals surface area contributed by atoms with E-state index in [2.05, 4.69) is 16.0 Å². The molecule has 0 radical (unpaired) electrons. The average molecular weight is 469 g/mol. The molecule has 0 saturated heterocycles. The summed E-state index contributed by atoms with van der Waals surface area (Å²) >= 11 is 0. The van der Waals surface area contributed by atoms with Gasteiger partial charge in [0.1, 0.15) is 12.6 Å². The van der Waals surface area contributed by atoms with Crippen LogP contribution >= 0.6 is 0 Å². The molecule has 10 heteroatoms. The second kappa shape index (κ2) is 11.7. The van der Waals surface area contributed by atoms with Crippen LogP contribution in [0.1, 0.15) is 36.8 Å². The van der Waals surface area contributed by atoms with Gasteiger partial charge in [-0.15, -0.1) is 0 Å². The minimum absolute atomic E-state index is 0.102. The van der Waals surface area contributed by atoms with Gasteiger partial charge < -0.3 is 31.2 Å². The van der Waals surface area contributed by atoms with Crippen LogP contribution in [0.5, 0.6) is 0 Å². The minimum atomic E-state index is -0.958. The lowest BCUT2D eigenvalue weighted by Crippen LogP contribution is -2.48. The van der Waals surface area contributed by atoms with E-state index in [-0.39, 0.29) is 32.2 Å². The molecule has 3 rings (SSSR count). The van der Waals surface area contributed by atoms with Crippen LogP contribution in [-0.4, -0.2) is 49.9 Å². The highest BCUT2D eigenvalue weighted by atomic mass is 16.6. The molecule has 0 bridgehead atoms. The number of alkyl carbamates (subject to hydrolysis) is 1. The van der Waals surface area contributed by atoms with Crippen molar-refractivity contribution in [3.05, 3.63) is 59.7 Å². The van der Waals surface area contributed by atoms with E-state index in [1.54, 1.807) is 0 Å². The quantitative estimate of drug-likeness (QED) is 0.238. The summed E-state index contributed by atoms with van der Waals surface area (Å²) in [5.41, 5.74) is 9.41. The number of benzene rings is 2. The van der Waals surface area contributed by atoms with Crippen LogP contribution in [0.4, 0.5) is 9.59 Å². The van der Waals surface area contributed by atoms with Crippen molar-refractivity contribution in [3.8, 4) is 11.1 Å². The molecular formula is C24H28N4O6. The molecule has 1 aliphatic rings. The van der Waals surface area contributed by atoms with Gasteiger partial charge in [0, 0.05) is 19.4 Å². The van der Waals surface area contributed by atoms with E-state index in [9.17, 15) is 19.2 Å². The lowest BCUT2D eigenvalue weighted by Gasteiger charge is -2.20. The maximum atomic E-state index is 12.6. The SMILES string of the molecule is CC(=O)OCNC(=O)[C@H](CCCNC(N)=O)NC(=O)OCC1c2ccccc2-c2ccccc21. The van der Waals surface area contributed by atoms with Crippen molar-refractivity contribution in [1.82, 2.24) is 16.0 Å². The molecule has 34 heavy (non-hydrogen) atoms. The molecule has 0 unspecified atom stereocenters. The van der Waals surface area contributed by atoms with Gasteiger partial charge in [0.15, 0.2) is 6.73 Å². The molecule has 2 aromatic rings. The first-order valence-corrected chi connectivity index (χ1v) is 10.9. The number of fused-ring (bicyclic) bond motifs is 3. The van der Waals surface area contributed by atoms with E-state index in [1.165, 1.54) is 6.92 Å². The van der Waals surface area contributed by atoms with E-state index in [0.717, 1.165) is 22.3 Å². The normalized spacial score (nSPS) is 12.6. The topological polar surface area (TPSA) is 149 Å². The van der Waals surface area contributed by atoms with Crippen LogP contribution in [0.2, 0.25) is 0 Å². The molecule has 4 amide bonds. The third-order valence-corrected chi connectivity index (χ3v) is 5.44. The van der Waals surface area contributed by atoms with Crippen LogP contribution in [0, 0.1) is 0 Å². The highest BCUT2D eigenvalue weighted by Crippen LogP contribution is 2.44. The molecule has 5 N–H and O–H groups in total. The number of esters is 1. The highest BCUT2D eigenvalue weighted by Gasteiger charge is 2.29. The molecular weight excluding hydrogens is 440 g/mol. The number of rotatable bonds is 10. The number of carbonyl (C=O) groups is 4. The molecule has 180 valence electrons. The Morgan fingerprint density at radius 2 is 1.56 bits per heavy atom. The van der Waals surface area contributed by atoms with Crippen LogP contribution in [-0.2, 0) is 19.1 Å². The minimum Gasteiger partial charge on any atom is -0.449 e. The number of hydrogen-bond acceptors (Lipinski definition) is 6. The molecule has 10 nitrogen and oxygen atoms in total. The molecule has 0 spiro atoms. The predicted molar refractivity (Wildman–Crippen MR) is 124 cm³/mol.